The van der Waals surface area contributed by atoms with E-state index in [1.807, 2.05) is 31.6 Å². The molecule has 5 nitrogen and oxygen atoms in total. The Balaban J connectivity index is 2.04. The van der Waals surface area contributed by atoms with Gasteiger partial charge in [0.05, 0.1) is 17.4 Å². The minimum absolute atomic E-state index is 0.0410. The van der Waals surface area contributed by atoms with E-state index in [0.717, 1.165) is 17.8 Å². The van der Waals surface area contributed by atoms with Gasteiger partial charge in [0.2, 0.25) is 0 Å². The zero-order chi connectivity index (χ0) is 17.7. The van der Waals surface area contributed by atoms with E-state index >= 15 is 0 Å². The van der Waals surface area contributed by atoms with Crippen molar-refractivity contribution in [1.82, 2.24) is 15.1 Å². The lowest BCUT2D eigenvalue weighted by Gasteiger charge is -2.18. The Morgan fingerprint density at radius 1 is 1.38 bits per heavy atom. The van der Waals surface area contributed by atoms with Gasteiger partial charge in [-0.05, 0) is 45.1 Å². The van der Waals surface area contributed by atoms with Gasteiger partial charge in [-0.15, -0.1) is 0 Å². The van der Waals surface area contributed by atoms with Gasteiger partial charge in [-0.25, -0.2) is 0 Å². The summed E-state index contributed by atoms with van der Waals surface area (Å²) in [4.78, 5) is 0. The number of hydrogen-bond acceptors (Lipinski definition) is 3. The van der Waals surface area contributed by atoms with Gasteiger partial charge in [0.25, 0.3) is 0 Å². The van der Waals surface area contributed by atoms with E-state index < -0.39 is 6.61 Å². The monoisotopic (exact) mass is 354 g/mol. The van der Waals surface area contributed by atoms with Gasteiger partial charge in [-0.1, -0.05) is 12.1 Å². The van der Waals surface area contributed by atoms with Crippen LogP contribution in [0.5, 0.6) is 5.75 Å². The third kappa shape index (κ3) is 4.64. The lowest BCUT2D eigenvalue weighted by molar-refractivity contribution is -0.0493. The average molecular weight is 354 g/mol. The van der Waals surface area contributed by atoms with Crippen molar-refractivity contribution in [3.05, 3.63) is 41.7 Å². The van der Waals surface area contributed by atoms with Gasteiger partial charge >= 0.3 is 6.61 Å². The Kier molecular flexibility index (Phi) is 6.08. The first-order valence-corrected chi connectivity index (χ1v) is 7.96. The number of nitrogens with zero attached hydrogens (tertiary/aromatic N) is 2. The second kappa shape index (κ2) is 8.05. The molecule has 1 unspecified atom stereocenters. The smallest absolute Gasteiger partial charge is 0.387 e. The molecule has 1 atom stereocenters. The van der Waals surface area contributed by atoms with Crippen molar-refractivity contribution in [3.63, 3.8) is 0 Å². The Bertz CT molecular complexity index is 705. The number of aryl methyl sites for hydroxylation is 2. The van der Waals surface area contributed by atoms with Crippen LogP contribution in [0.15, 0.2) is 30.5 Å². The van der Waals surface area contributed by atoms with Crippen LogP contribution in [0.25, 0.3) is 0 Å². The van der Waals surface area contributed by atoms with Crippen molar-refractivity contribution < 1.29 is 13.5 Å². The maximum atomic E-state index is 12.4. The standard InChI is InChI=1S/C16H20F2N4OS/c1-4-22-9-12(11(3)21-22)10(2)19-16(24)20-13-7-5-6-8-14(13)23-15(17)18/h5-10,15H,4H2,1-3H3,(H2,19,20,24). The zero-order valence-corrected chi connectivity index (χ0v) is 14.5. The minimum Gasteiger partial charge on any atom is -0.433 e. The molecule has 1 aromatic carbocycles. The number of rotatable bonds is 6. The Morgan fingerprint density at radius 3 is 2.71 bits per heavy atom. The largest absolute Gasteiger partial charge is 0.433 e. The molecule has 0 fully saturated rings. The lowest BCUT2D eigenvalue weighted by atomic mass is 10.1. The van der Waals surface area contributed by atoms with Crippen LogP contribution in [0.3, 0.4) is 0 Å². The minimum atomic E-state index is -2.89. The number of nitrogens with one attached hydrogen (secondary N) is 2. The number of anilines is 1. The van der Waals surface area contributed by atoms with Crippen LogP contribution < -0.4 is 15.4 Å². The molecule has 1 aromatic heterocycles. The van der Waals surface area contributed by atoms with Crippen molar-refractivity contribution in [3.8, 4) is 5.75 Å². The van der Waals surface area contributed by atoms with Gasteiger partial charge in [0.15, 0.2) is 5.11 Å². The van der Waals surface area contributed by atoms with Gasteiger partial charge in [-0.3, -0.25) is 4.68 Å². The van der Waals surface area contributed by atoms with Gasteiger partial charge in [-0.2, -0.15) is 13.9 Å². The quantitative estimate of drug-likeness (QED) is 0.772. The molecule has 0 aliphatic heterocycles. The molecule has 130 valence electrons. The number of aromatic nitrogens is 2. The number of ether oxygens (including phenoxy) is 1. The van der Waals surface area contributed by atoms with E-state index in [-0.39, 0.29) is 11.8 Å². The highest BCUT2D eigenvalue weighted by Crippen LogP contribution is 2.25. The molecule has 0 aliphatic rings. The van der Waals surface area contributed by atoms with E-state index in [0.29, 0.717) is 10.8 Å². The molecular formula is C16H20F2N4OS. The summed E-state index contributed by atoms with van der Waals surface area (Å²) >= 11 is 5.27. The molecule has 8 heteroatoms. The molecule has 0 bridgehead atoms. The third-order valence-electron chi connectivity index (χ3n) is 3.47. The summed E-state index contributed by atoms with van der Waals surface area (Å²) < 4.78 is 31.2. The molecule has 0 aliphatic carbocycles. The summed E-state index contributed by atoms with van der Waals surface area (Å²) in [6.07, 6.45) is 1.96. The van der Waals surface area contributed by atoms with E-state index in [1.165, 1.54) is 6.07 Å². The fourth-order valence-corrected chi connectivity index (χ4v) is 2.61. The fraction of sp³-hybridized carbons (Fsp3) is 0.375. The van der Waals surface area contributed by atoms with Gasteiger partial charge in [0.1, 0.15) is 5.75 Å². The average Bonchev–Trinajstić information content (AvgIpc) is 2.90. The molecule has 0 amide bonds. The number of hydrogen-bond donors (Lipinski definition) is 2. The number of halogens is 2. The first-order valence-electron chi connectivity index (χ1n) is 7.56. The van der Waals surface area contributed by atoms with Gasteiger partial charge < -0.3 is 15.4 Å². The zero-order valence-electron chi connectivity index (χ0n) is 13.7. The summed E-state index contributed by atoms with van der Waals surface area (Å²) in [5.41, 5.74) is 2.32. The second-order valence-electron chi connectivity index (χ2n) is 5.22. The number of benzene rings is 1. The Morgan fingerprint density at radius 2 is 2.08 bits per heavy atom. The van der Waals surface area contributed by atoms with E-state index in [4.69, 9.17) is 12.2 Å². The highest BCUT2D eigenvalue weighted by molar-refractivity contribution is 7.80. The first kappa shape index (κ1) is 18.1. The highest BCUT2D eigenvalue weighted by atomic mass is 32.1. The summed E-state index contributed by atoms with van der Waals surface area (Å²) in [6.45, 7) is 3.80. The van der Waals surface area contributed by atoms with E-state index in [9.17, 15) is 8.78 Å². The highest BCUT2D eigenvalue weighted by Gasteiger charge is 2.15. The van der Waals surface area contributed by atoms with Crippen LogP contribution in [-0.4, -0.2) is 21.5 Å². The van der Waals surface area contributed by atoms with Crippen LogP contribution in [0.4, 0.5) is 14.5 Å². The molecule has 0 spiro atoms. The summed E-state index contributed by atoms with van der Waals surface area (Å²) in [6, 6.07) is 6.33. The molecule has 2 N–H and O–H groups in total. The number of para-hydroxylation sites is 2. The molecule has 0 saturated heterocycles. The first-order chi connectivity index (χ1) is 11.4. The Labute approximate surface area is 145 Å². The van der Waals surface area contributed by atoms with Crippen LogP contribution in [0.1, 0.15) is 31.1 Å². The van der Waals surface area contributed by atoms with Crippen LogP contribution in [0, 0.1) is 6.92 Å². The van der Waals surface area contributed by atoms with Crippen molar-refractivity contribution >= 4 is 23.0 Å². The maximum absolute atomic E-state index is 12.4. The molecule has 0 radical (unpaired) electrons. The van der Waals surface area contributed by atoms with Crippen molar-refractivity contribution in [2.75, 3.05) is 5.32 Å². The number of thiocarbonyl (C=S) groups is 1. The SMILES string of the molecule is CCn1cc(C(C)NC(=S)Nc2ccccc2OC(F)F)c(C)n1. The van der Waals surface area contributed by atoms with E-state index in [2.05, 4.69) is 20.5 Å². The summed E-state index contributed by atoms with van der Waals surface area (Å²) in [5.74, 6) is 0.0410. The fourth-order valence-electron chi connectivity index (χ4n) is 2.32. The van der Waals surface area contributed by atoms with Crippen LogP contribution in [-0.2, 0) is 6.54 Å². The maximum Gasteiger partial charge on any atom is 0.387 e. The molecule has 2 aromatic rings. The van der Waals surface area contributed by atoms with Crippen LogP contribution in [0.2, 0.25) is 0 Å². The third-order valence-corrected chi connectivity index (χ3v) is 3.69. The summed E-state index contributed by atoms with van der Waals surface area (Å²) in [5, 5.41) is 10.7. The Hall–Kier alpha value is -2.22. The van der Waals surface area contributed by atoms with Gasteiger partial charge in [0, 0.05) is 18.3 Å². The van der Waals surface area contributed by atoms with E-state index in [1.54, 1.807) is 18.2 Å². The normalized spacial score (nSPS) is 12.1. The summed E-state index contributed by atoms with van der Waals surface area (Å²) in [7, 11) is 0. The predicted octanol–water partition coefficient (Wildman–Crippen LogP) is 3.86. The molecule has 0 saturated carbocycles. The molecular weight excluding hydrogens is 334 g/mol. The molecule has 2 rings (SSSR count). The second-order valence-corrected chi connectivity index (χ2v) is 5.63. The molecule has 24 heavy (non-hydrogen) atoms. The van der Waals surface area contributed by atoms with Crippen molar-refractivity contribution in [2.24, 2.45) is 0 Å². The lowest BCUT2D eigenvalue weighted by Crippen LogP contribution is -2.31. The molecule has 1 heterocycles. The van der Waals surface area contributed by atoms with Crippen molar-refractivity contribution in [2.45, 2.75) is 40.0 Å². The predicted molar refractivity (Wildman–Crippen MR) is 93.5 cm³/mol. The number of alkyl halides is 2. The van der Waals surface area contributed by atoms with Crippen LogP contribution >= 0.6 is 12.2 Å². The topological polar surface area (TPSA) is 51.1 Å². The van der Waals surface area contributed by atoms with Crippen molar-refractivity contribution in [1.29, 1.82) is 0 Å².